The summed E-state index contributed by atoms with van der Waals surface area (Å²) in [6, 6.07) is 38.5. The Bertz CT molecular complexity index is 2030. The van der Waals surface area contributed by atoms with Crippen LogP contribution in [0.5, 0.6) is 0 Å². The fourth-order valence-corrected chi connectivity index (χ4v) is 5.35. The van der Waals surface area contributed by atoms with Gasteiger partial charge in [0.2, 0.25) is 0 Å². The Morgan fingerprint density at radius 3 is 2.11 bits per heavy atom. The number of rotatable bonds is 2. The minimum Gasteiger partial charge on any atom is -0.455 e. The van der Waals surface area contributed by atoms with E-state index in [-0.39, 0.29) is 0 Å². The average molecular weight is 460 g/mol. The van der Waals surface area contributed by atoms with E-state index in [0.29, 0.717) is 16.7 Å². The van der Waals surface area contributed by atoms with E-state index in [0.717, 1.165) is 55.0 Å². The highest BCUT2D eigenvalue weighted by molar-refractivity contribution is 6.24. The summed E-state index contributed by atoms with van der Waals surface area (Å²) in [5, 5.41) is 23.7. The van der Waals surface area contributed by atoms with E-state index in [4.69, 9.17) is 4.42 Å². The molecule has 36 heavy (non-hydrogen) atoms. The number of para-hydroxylation sites is 2. The lowest BCUT2D eigenvalue weighted by Gasteiger charge is -2.09. The number of hydrogen-bond donors (Lipinski definition) is 0. The molecule has 0 spiro atoms. The van der Waals surface area contributed by atoms with E-state index >= 15 is 0 Å². The van der Waals surface area contributed by atoms with Gasteiger partial charge in [-0.2, -0.15) is 10.5 Å². The van der Waals surface area contributed by atoms with Crippen molar-refractivity contribution in [3.63, 3.8) is 0 Å². The van der Waals surface area contributed by atoms with Crippen molar-refractivity contribution in [1.82, 2.24) is 4.57 Å². The molecule has 166 valence electrons. The summed E-state index contributed by atoms with van der Waals surface area (Å²) in [6.45, 7) is 0. The first-order chi connectivity index (χ1) is 17.8. The molecule has 0 radical (unpaired) electrons. The molecule has 0 atom stereocenters. The molecule has 0 aliphatic heterocycles. The molecule has 0 aliphatic carbocycles. The SMILES string of the molecule is N#Cc1cccc(C#N)c1-c1ccc2c(c1)c1c3oc4ccccc4c3ccc1n2-c1ccccc1. The Labute approximate surface area is 206 Å². The molecule has 4 heteroatoms. The van der Waals surface area contributed by atoms with Crippen LogP contribution in [0.2, 0.25) is 0 Å². The second kappa shape index (κ2) is 7.60. The monoisotopic (exact) mass is 459 g/mol. The molecule has 2 heterocycles. The van der Waals surface area contributed by atoms with Crippen molar-refractivity contribution in [1.29, 1.82) is 10.5 Å². The van der Waals surface area contributed by atoms with Crippen LogP contribution in [0.1, 0.15) is 11.1 Å². The van der Waals surface area contributed by atoms with Crippen LogP contribution in [-0.2, 0) is 0 Å². The normalized spacial score (nSPS) is 11.3. The third kappa shape index (κ3) is 2.73. The number of aromatic nitrogens is 1. The molecular formula is C32H17N3O. The lowest BCUT2D eigenvalue weighted by atomic mass is 9.94. The molecular weight excluding hydrogens is 442 g/mol. The summed E-state index contributed by atoms with van der Waals surface area (Å²) in [5.74, 6) is 0. The molecule has 0 bridgehead atoms. The van der Waals surface area contributed by atoms with Gasteiger partial charge in [-0.25, -0.2) is 0 Å². The third-order valence-corrected chi connectivity index (χ3v) is 6.88. The standard InChI is InChI=1S/C32H17N3O/c33-18-21-7-6-8-22(19-34)30(21)20-13-15-27-26(17-20)31-28(35(27)23-9-2-1-3-10-23)16-14-25-24-11-4-5-12-29(24)36-32(25)31/h1-17H. The Morgan fingerprint density at radius 1 is 0.611 bits per heavy atom. The molecule has 0 amide bonds. The van der Waals surface area contributed by atoms with Gasteiger partial charge in [-0.05, 0) is 60.2 Å². The van der Waals surface area contributed by atoms with Crippen LogP contribution in [0.3, 0.4) is 0 Å². The highest BCUT2D eigenvalue weighted by Gasteiger charge is 2.20. The summed E-state index contributed by atoms with van der Waals surface area (Å²) in [4.78, 5) is 0. The van der Waals surface area contributed by atoms with Crippen molar-refractivity contribution in [3.8, 4) is 29.0 Å². The zero-order valence-corrected chi connectivity index (χ0v) is 19.1. The van der Waals surface area contributed by atoms with Crippen molar-refractivity contribution in [3.05, 3.63) is 114 Å². The number of nitriles is 2. The van der Waals surface area contributed by atoms with Crippen molar-refractivity contribution in [2.45, 2.75) is 0 Å². The number of furan rings is 1. The van der Waals surface area contributed by atoms with Crippen LogP contribution in [0.4, 0.5) is 0 Å². The van der Waals surface area contributed by atoms with Crippen LogP contribution < -0.4 is 0 Å². The van der Waals surface area contributed by atoms with Gasteiger partial charge in [0.25, 0.3) is 0 Å². The van der Waals surface area contributed by atoms with E-state index < -0.39 is 0 Å². The van der Waals surface area contributed by atoms with Crippen molar-refractivity contribution in [2.24, 2.45) is 0 Å². The summed E-state index contributed by atoms with van der Waals surface area (Å²) in [7, 11) is 0. The number of nitrogens with zero attached hydrogens (tertiary/aromatic N) is 3. The van der Waals surface area contributed by atoms with E-state index in [1.807, 2.05) is 42.5 Å². The fraction of sp³-hybridized carbons (Fsp3) is 0. The zero-order chi connectivity index (χ0) is 24.2. The molecule has 7 rings (SSSR count). The first-order valence-corrected chi connectivity index (χ1v) is 11.7. The highest BCUT2D eigenvalue weighted by atomic mass is 16.3. The quantitative estimate of drug-likeness (QED) is 0.262. The zero-order valence-electron chi connectivity index (χ0n) is 19.1. The molecule has 0 fully saturated rings. The molecule has 0 N–H and O–H groups in total. The summed E-state index contributed by atoms with van der Waals surface area (Å²) in [5.41, 5.74) is 7.24. The molecule has 5 aromatic carbocycles. The molecule has 4 nitrogen and oxygen atoms in total. The average Bonchev–Trinajstić information content (AvgIpc) is 3.48. The van der Waals surface area contributed by atoms with E-state index in [1.54, 1.807) is 18.2 Å². The highest BCUT2D eigenvalue weighted by Crippen LogP contribution is 2.42. The van der Waals surface area contributed by atoms with Crippen LogP contribution in [0, 0.1) is 22.7 Å². The molecule has 7 aromatic rings. The molecule has 0 saturated heterocycles. The van der Waals surface area contributed by atoms with Gasteiger partial charge in [0, 0.05) is 27.4 Å². The number of hydrogen-bond acceptors (Lipinski definition) is 3. The van der Waals surface area contributed by atoms with Crippen LogP contribution >= 0.6 is 0 Å². The van der Waals surface area contributed by atoms with Gasteiger partial charge < -0.3 is 8.98 Å². The maximum absolute atomic E-state index is 9.78. The molecule has 0 saturated carbocycles. The predicted molar refractivity (Wildman–Crippen MR) is 143 cm³/mol. The topological polar surface area (TPSA) is 65.7 Å². The van der Waals surface area contributed by atoms with Crippen LogP contribution in [-0.4, -0.2) is 4.57 Å². The number of fused-ring (bicyclic) bond motifs is 7. The largest absolute Gasteiger partial charge is 0.455 e. The Kier molecular flexibility index (Phi) is 4.24. The number of benzene rings is 5. The lowest BCUT2D eigenvalue weighted by molar-refractivity contribution is 0.673. The van der Waals surface area contributed by atoms with Gasteiger partial charge in [-0.1, -0.05) is 48.5 Å². The van der Waals surface area contributed by atoms with E-state index in [2.05, 4.69) is 59.2 Å². The first-order valence-electron chi connectivity index (χ1n) is 11.7. The second-order valence-electron chi connectivity index (χ2n) is 8.79. The van der Waals surface area contributed by atoms with Gasteiger partial charge in [0.05, 0.1) is 39.7 Å². The Balaban J connectivity index is 1.67. The van der Waals surface area contributed by atoms with Gasteiger partial charge in [0.1, 0.15) is 11.2 Å². The minimum absolute atomic E-state index is 0.481. The second-order valence-corrected chi connectivity index (χ2v) is 8.79. The smallest absolute Gasteiger partial charge is 0.145 e. The summed E-state index contributed by atoms with van der Waals surface area (Å²) >= 11 is 0. The predicted octanol–water partition coefficient (Wildman–Crippen LogP) is 8.09. The fourth-order valence-electron chi connectivity index (χ4n) is 5.35. The third-order valence-electron chi connectivity index (χ3n) is 6.88. The Morgan fingerprint density at radius 2 is 1.33 bits per heavy atom. The van der Waals surface area contributed by atoms with Crippen LogP contribution in [0.25, 0.3) is 60.6 Å². The first kappa shape index (κ1) is 20.1. The molecule has 0 unspecified atom stereocenters. The maximum atomic E-state index is 9.78. The van der Waals surface area contributed by atoms with Crippen molar-refractivity contribution >= 4 is 43.7 Å². The van der Waals surface area contributed by atoms with Crippen molar-refractivity contribution in [2.75, 3.05) is 0 Å². The van der Waals surface area contributed by atoms with Gasteiger partial charge >= 0.3 is 0 Å². The Hall–Kier alpha value is -5.32. The van der Waals surface area contributed by atoms with E-state index in [9.17, 15) is 10.5 Å². The van der Waals surface area contributed by atoms with E-state index in [1.165, 1.54) is 0 Å². The molecule has 2 aromatic heterocycles. The van der Waals surface area contributed by atoms with Gasteiger partial charge in [-0.3, -0.25) is 0 Å². The maximum Gasteiger partial charge on any atom is 0.145 e. The summed E-state index contributed by atoms with van der Waals surface area (Å²) < 4.78 is 8.68. The molecule has 0 aliphatic rings. The van der Waals surface area contributed by atoms with Gasteiger partial charge in [0.15, 0.2) is 0 Å². The minimum atomic E-state index is 0.481. The van der Waals surface area contributed by atoms with Crippen molar-refractivity contribution < 1.29 is 4.42 Å². The van der Waals surface area contributed by atoms with Crippen LogP contribution in [0.15, 0.2) is 108 Å². The van der Waals surface area contributed by atoms with Gasteiger partial charge in [-0.15, -0.1) is 0 Å². The lowest BCUT2D eigenvalue weighted by Crippen LogP contribution is -1.93. The summed E-state index contributed by atoms with van der Waals surface area (Å²) in [6.07, 6.45) is 0.